The van der Waals surface area contributed by atoms with Crippen molar-refractivity contribution in [2.24, 2.45) is 0 Å². The molecule has 158 valence electrons. The minimum atomic E-state index is -4.60. The minimum Gasteiger partial charge on any atom is -0.494 e. The number of alkyl halides is 3. The van der Waals surface area contributed by atoms with Crippen molar-refractivity contribution in [1.82, 2.24) is 9.97 Å². The first-order chi connectivity index (χ1) is 14.3. The van der Waals surface area contributed by atoms with Gasteiger partial charge in [0.25, 0.3) is 0 Å². The summed E-state index contributed by atoms with van der Waals surface area (Å²) < 4.78 is 45.8. The van der Waals surface area contributed by atoms with Gasteiger partial charge >= 0.3 is 6.18 Å². The quantitative estimate of drug-likeness (QED) is 0.460. The van der Waals surface area contributed by atoms with Crippen molar-refractivity contribution < 1.29 is 17.9 Å². The fraction of sp³-hybridized carbons (Fsp3) is 0.273. The molecule has 0 fully saturated rings. The Bertz CT molecular complexity index is 988. The minimum absolute atomic E-state index is 0.0590. The molecule has 2 aromatic carbocycles. The summed E-state index contributed by atoms with van der Waals surface area (Å²) >= 11 is 0. The van der Waals surface area contributed by atoms with E-state index >= 15 is 0 Å². The lowest BCUT2D eigenvalue weighted by atomic mass is 10.0. The van der Waals surface area contributed by atoms with Crippen LogP contribution in [0.1, 0.15) is 37.8 Å². The van der Waals surface area contributed by atoms with Crippen LogP contribution in [0.15, 0.2) is 54.7 Å². The van der Waals surface area contributed by atoms with Crippen molar-refractivity contribution in [3.8, 4) is 5.75 Å². The average molecular weight is 416 g/mol. The molecule has 0 unspecified atom stereocenters. The SMILES string of the molecule is CCOc1cccc(Nc2nc(Nc3ccc(C(C)C)cc3)ncc2C(F)(F)F)c1. The maximum absolute atomic E-state index is 13.5. The van der Waals surface area contributed by atoms with Gasteiger partial charge in [0, 0.05) is 23.6 Å². The van der Waals surface area contributed by atoms with E-state index in [-0.39, 0.29) is 11.8 Å². The van der Waals surface area contributed by atoms with Crippen molar-refractivity contribution >= 4 is 23.1 Å². The summed E-state index contributed by atoms with van der Waals surface area (Å²) in [4.78, 5) is 7.91. The van der Waals surface area contributed by atoms with Crippen molar-refractivity contribution in [2.45, 2.75) is 32.9 Å². The van der Waals surface area contributed by atoms with E-state index in [1.807, 2.05) is 31.2 Å². The van der Waals surface area contributed by atoms with Gasteiger partial charge in [0.2, 0.25) is 5.95 Å². The van der Waals surface area contributed by atoms with Crippen LogP contribution in [0.2, 0.25) is 0 Å². The Kier molecular flexibility index (Phi) is 6.44. The lowest BCUT2D eigenvalue weighted by molar-refractivity contribution is -0.137. The predicted octanol–water partition coefficient (Wildman–Crippen LogP) is 6.50. The highest BCUT2D eigenvalue weighted by Crippen LogP contribution is 2.35. The number of nitrogens with zero attached hydrogens (tertiary/aromatic N) is 2. The predicted molar refractivity (Wildman–Crippen MR) is 112 cm³/mol. The number of benzene rings is 2. The van der Waals surface area contributed by atoms with E-state index in [4.69, 9.17) is 4.74 Å². The van der Waals surface area contributed by atoms with E-state index in [9.17, 15) is 13.2 Å². The van der Waals surface area contributed by atoms with Crippen molar-refractivity contribution in [3.63, 3.8) is 0 Å². The molecule has 3 aromatic rings. The van der Waals surface area contributed by atoms with E-state index in [1.165, 1.54) is 0 Å². The molecule has 1 aromatic heterocycles. The maximum Gasteiger partial charge on any atom is 0.421 e. The number of ether oxygens (including phenoxy) is 1. The Morgan fingerprint density at radius 3 is 2.37 bits per heavy atom. The highest BCUT2D eigenvalue weighted by Gasteiger charge is 2.35. The molecule has 0 spiro atoms. The number of halogens is 3. The fourth-order valence-corrected chi connectivity index (χ4v) is 2.79. The molecule has 0 saturated heterocycles. The van der Waals surface area contributed by atoms with E-state index < -0.39 is 11.7 Å². The van der Waals surface area contributed by atoms with Gasteiger partial charge in [-0.05, 0) is 42.7 Å². The molecule has 2 N–H and O–H groups in total. The number of aromatic nitrogens is 2. The third-order valence-electron chi connectivity index (χ3n) is 4.34. The van der Waals surface area contributed by atoms with Crippen LogP contribution in [0.3, 0.4) is 0 Å². The van der Waals surface area contributed by atoms with Crippen molar-refractivity contribution in [1.29, 1.82) is 0 Å². The summed E-state index contributed by atoms with van der Waals surface area (Å²) in [5.74, 6) is 0.648. The topological polar surface area (TPSA) is 59.1 Å². The van der Waals surface area contributed by atoms with E-state index in [2.05, 4.69) is 34.4 Å². The Balaban J connectivity index is 1.89. The summed E-state index contributed by atoms with van der Waals surface area (Å²) in [6.07, 6.45) is -3.83. The molecule has 5 nitrogen and oxygen atoms in total. The van der Waals surface area contributed by atoms with Crippen LogP contribution >= 0.6 is 0 Å². The molecule has 3 rings (SSSR count). The highest BCUT2D eigenvalue weighted by atomic mass is 19.4. The second-order valence-electron chi connectivity index (χ2n) is 6.94. The van der Waals surface area contributed by atoms with Gasteiger partial charge in [-0.25, -0.2) is 4.98 Å². The number of anilines is 4. The second kappa shape index (κ2) is 9.02. The van der Waals surface area contributed by atoms with Crippen LogP contribution in [0.5, 0.6) is 5.75 Å². The Morgan fingerprint density at radius 2 is 1.73 bits per heavy atom. The lowest BCUT2D eigenvalue weighted by Crippen LogP contribution is -2.12. The first-order valence-corrected chi connectivity index (χ1v) is 9.57. The number of rotatable bonds is 7. The summed E-state index contributed by atoms with van der Waals surface area (Å²) in [6.45, 7) is 6.45. The van der Waals surface area contributed by atoms with Gasteiger partial charge in [0.15, 0.2) is 0 Å². The van der Waals surface area contributed by atoms with Crippen molar-refractivity contribution in [2.75, 3.05) is 17.2 Å². The van der Waals surface area contributed by atoms with Gasteiger partial charge in [-0.1, -0.05) is 32.0 Å². The normalized spacial score (nSPS) is 11.4. The molecular weight excluding hydrogens is 393 g/mol. The monoisotopic (exact) mass is 416 g/mol. The molecule has 8 heteroatoms. The van der Waals surface area contributed by atoms with Crippen LogP contribution in [0, 0.1) is 0 Å². The molecule has 1 heterocycles. The first-order valence-electron chi connectivity index (χ1n) is 9.57. The molecule has 0 aliphatic rings. The maximum atomic E-state index is 13.5. The molecule has 0 aliphatic carbocycles. The van der Waals surface area contributed by atoms with Crippen LogP contribution in [0.25, 0.3) is 0 Å². The average Bonchev–Trinajstić information content (AvgIpc) is 2.68. The zero-order valence-corrected chi connectivity index (χ0v) is 16.9. The van der Waals surface area contributed by atoms with Gasteiger partial charge in [0.1, 0.15) is 17.1 Å². The van der Waals surface area contributed by atoms with Gasteiger partial charge in [-0.2, -0.15) is 18.2 Å². The zero-order chi connectivity index (χ0) is 21.7. The summed E-state index contributed by atoms with van der Waals surface area (Å²) in [7, 11) is 0. The zero-order valence-electron chi connectivity index (χ0n) is 16.9. The lowest BCUT2D eigenvalue weighted by Gasteiger charge is -2.15. The summed E-state index contributed by atoms with van der Waals surface area (Å²) in [5, 5.41) is 5.69. The Morgan fingerprint density at radius 1 is 1.00 bits per heavy atom. The number of hydrogen-bond acceptors (Lipinski definition) is 5. The van der Waals surface area contributed by atoms with Crippen molar-refractivity contribution in [3.05, 3.63) is 65.9 Å². The molecule has 0 aliphatic heterocycles. The smallest absolute Gasteiger partial charge is 0.421 e. The summed E-state index contributed by atoms with van der Waals surface area (Å²) in [6, 6.07) is 14.3. The standard InChI is InChI=1S/C22H23F3N4O/c1-4-30-18-7-5-6-17(12-18)27-20-19(22(23,24)25)13-26-21(29-20)28-16-10-8-15(9-11-16)14(2)3/h5-14H,4H2,1-3H3,(H2,26,27,28,29). The van der Waals surface area contributed by atoms with Crippen LogP contribution in [-0.2, 0) is 6.18 Å². The third-order valence-corrected chi connectivity index (χ3v) is 4.34. The van der Waals surface area contributed by atoms with Gasteiger partial charge in [0.05, 0.1) is 6.61 Å². The molecule has 30 heavy (non-hydrogen) atoms. The first kappa shape index (κ1) is 21.4. The highest BCUT2D eigenvalue weighted by molar-refractivity contribution is 5.64. The fourth-order valence-electron chi connectivity index (χ4n) is 2.79. The number of hydrogen-bond donors (Lipinski definition) is 2. The van der Waals surface area contributed by atoms with Gasteiger partial charge in [-0.3, -0.25) is 0 Å². The van der Waals surface area contributed by atoms with E-state index in [0.29, 0.717) is 29.6 Å². The Hall–Kier alpha value is -3.29. The second-order valence-corrected chi connectivity index (χ2v) is 6.94. The number of nitrogens with one attached hydrogen (secondary N) is 2. The molecule has 0 atom stereocenters. The molecular formula is C22H23F3N4O. The Labute approximate surface area is 173 Å². The van der Waals surface area contributed by atoms with Gasteiger partial charge in [-0.15, -0.1) is 0 Å². The van der Waals surface area contributed by atoms with Crippen LogP contribution in [0.4, 0.5) is 36.3 Å². The van der Waals surface area contributed by atoms with Crippen LogP contribution < -0.4 is 15.4 Å². The van der Waals surface area contributed by atoms with Crippen LogP contribution in [-0.4, -0.2) is 16.6 Å². The molecule has 0 saturated carbocycles. The summed E-state index contributed by atoms with van der Waals surface area (Å²) in [5.41, 5.74) is 1.32. The largest absolute Gasteiger partial charge is 0.494 e. The third kappa shape index (κ3) is 5.40. The molecule has 0 bridgehead atoms. The van der Waals surface area contributed by atoms with Gasteiger partial charge < -0.3 is 15.4 Å². The van der Waals surface area contributed by atoms with E-state index in [0.717, 1.165) is 11.8 Å². The molecule has 0 amide bonds. The molecule has 0 radical (unpaired) electrons. The van der Waals surface area contributed by atoms with E-state index in [1.54, 1.807) is 24.3 Å².